The Morgan fingerprint density at radius 3 is 2.64 bits per heavy atom. The molecule has 0 saturated heterocycles. The standard InChI is InChI=1S/C24H23N3O/c1-3-21(18-10-5-4-6-11-18)24(28)25-20-13-7-12-19(15-20)22-16-27-14-8-9-17(2)23(27)26-22/h4-16,21H,3H2,1-2H3,(H,25,28). The molecule has 1 unspecified atom stereocenters. The maximum Gasteiger partial charge on any atom is 0.231 e. The van der Waals surface area contributed by atoms with Gasteiger partial charge in [0.25, 0.3) is 0 Å². The quantitative estimate of drug-likeness (QED) is 0.509. The molecule has 0 aliphatic carbocycles. The molecule has 0 fully saturated rings. The van der Waals surface area contributed by atoms with E-state index in [1.54, 1.807) is 0 Å². The fraction of sp³-hybridized carbons (Fsp3) is 0.167. The van der Waals surface area contributed by atoms with Crippen molar-refractivity contribution in [1.82, 2.24) is 9.38 Å². The molecule has 0 aliphatic heterocycles. The Labute approximate surface area is 164 Å². The van der Waals surface area contributed by atoms with E-state index in [-0.39, 0.29) is 11.8 Å². The second-order valence-electron chi connectivity index (χ2n) is 6.99. The fourth-order valence-corrected chi connectivity index (χ4v) is 3.54. The third-order valence-corrected chi connectivity index (χ3v) is 5.03. The summed E-state index contributed by atoms with van der Waals surface area (Å²) in [6.07, 6.45) is 4.76. The van der Waals surface area contributed by atoms with Gasteiger partial charge in [-0.2, -0.15) is 0 Å². The zero-order valence-electron chi connectivity index (χ0n) is 16.1. The highest BCUT2D eigenvalue weighted by atomic mass is 16.1. The smallest absolute Gasteiger partial charge is 0.231 e. The lowest BCUT2D eigenvalue weighted by Gasteiger charge is -2.15. The first-order chi connectivity index (χ1) is 13.7. The molecule has 0 bridgehead atoms. The Hall–Kier alpha value is -3.40. The number of fused-ring (bicyclic) bond motifs is 1. The maximum atomic E-state index is 12.8. The van der Waals surface area contributed by atoms with E-state index in [1.165, 1.54) is 0 Å². The molecule has 1 amide bonds. The molecule has 2 heterocycles. The van der Waals surface area contributed by atoms with E-state index >= 15 is 0 Å². The van der Waals surface area contributed by atoms with Gasteiger partial charge in [-0.3, -0.25) is 4.79 Å². The molecule has 4 aromatic rings. The third-order valence-electron chi connectivity index (χ3n) is 5.03. The summed E-state index contributed by atoms with van der Waals surface area (Å²) in [6, 6.07) is 21.8. The minimum Gasteiger partial charge on any atom is -0.326 e. The molecule has 1 N–H and O–H groups in total. The van der Waals surface area contributed by atoms with Crippen molar-refractivity contribution in [2.24, 2.45) is 0 Å². The highest BCUT2D eigenvalue weighted by Gasteiger charge is 2.18. The first kappa shape index (κ1) is 18.0. The van der Waals surface area contributed by atoms with Crippen LogP contribution in [-0.2, 0) is 4.79 Å². The predicted molar refractivity (Wildman–Crippen MR) is 113 cm³/mol. The molecule has 1 atom stereocenters. The molecular formula is C24H23N3O. The summed E-state index contributed by atoms with van der Waals surface area (Å²) >= 11 is 0. The molecule has 4 rings (SSSR count). The number of anilines is 1. The van der Waals surface area contributed by atoms with E-state index in [9.17, 15) is 4.79 Å². The summed E-state index contributed by atoms with van der Waals surface area (Å²) < 4.78 is 2.03. The van der Waals surface area contributed by atoms with Gasteiger partial charge in [0, 0.05) is 23.6 Å². The summed E-state index contributed by atoms with van der Waals surface area (Å²) in [5.41, 5.74) is 5.77. The number of aromatic nitrogens is 2. The van der Waals surface area contributed by atoms with Crippen molar-refractivity contribution in [1.29, 1.82) is 0 Å². The van der Waals surface area contributed by atoms with Gasteiger partial charge in [0.05, 0.1) is 11.6 Å². The predicted octanol–water partition coefficient (Wildman–Crippen LogP) is 5.44. The van der Waals surface area contributed by atoms with Crippen molar-refractivity contribution >= 4 is 17.2 Å². The van der Waals surface area contributed by atoms with Gasteiger partial charge in [-0.15, -0.1) is 0 Å². The Bertz CT molecular complexity index is 1120. The van der Waals surface area contributed by atoms with E-state index in [1.807, 2.05) is 84.4 Å². The van der Waals surface area contributed by atoms with Crippen LogP contribution in [0.2, 0.25) is 0 Å². The molecule has 28 heavy (non-hydrogen) atoms. The zero-order chi connectivity index (χ0) is 19.5. The van der Waals surface area contributed by atoms with Gasteiger partial charge in [-0.1, -0.05) is 55.5 Å². The van der Waals surface area contributed by atoms with Gasteiger partial charge in [0.2, 0.25) is 5.91 Å². The first-order valence-electron chi connectivity index (χ1n) is 9.56. The van der Waals surface area contributed by atoms with Gasteiger partial charge >= 0.3 is 0 Å². The van der Waals surface area contributed by atoms with Gasteiger partial charge < -0.3 is 9.72 Å². The van der Waals surface area contributed by atoms with E-state index < -0.39 is 0 Å². The lowest BCUT2D eigenvalue weighted by molar-refractivity contribution is -0.117. The van der Waals surface area contributed by atoms with Gasteiger partial charge in [-0.05, 0) is 42.7 Å². The lowest BCUT2D eigenvalue weighted by atomic mass is 9.95. The molecule has 2 aromatic heterocycles. The Kier molecular flexibility index (Phi) is 4.94. The van der Waals surface area contributed by atoms with Crippen LogP contribution >= 0.6 is 0 Å². The van der Waals surface area contributed by atoms with Crippen LogP contribution in [0.3, 0.4) is 0 Å². The number of hydrogen-bond donors (Lipinski definition) is 1. The first-order valence-corrected chi connectivity index (χ1v) is 9.56. The number of hydrogen-bond acceptors (Lipinski definition) is 2. The van der Waals surface area contributed by atoms with Crippen molar-refractivity contribution < 1.29 is 4.79 Å². The van der Waals surface area contributed by atoms with Crippen molar-refractivity contribution in [2.75, 3.05) is 5.32 Å². The number of aryl methyl sites for hydroxylation is 1. The molecule has 0 radical (unpaired) electrons. The largest absolute Gasteiger partial charge is 0.326 e. The Morgan fingerprint density at radius 1 is 1.07 bits per heavy atom. The SMILES string of the molecule is CCC(C(=O)Nc1cccc(-c2cn3cccc(C)c3n2)c1)c1ccccc1. The molecule has 4 heteroatoms. The van der Waals surface area contributed by atoms with Crippen molar-refractivity contribution in [3.8, 4) is 11.3 Å². The van der Waals surface area contributed by atoms with E-state index in [4.69, 9.17) is 4.98 Å². The van der Waals surface area contributed by atoms with Gasteiger partial charge in [0.15, 0.2) is 0 Å². The summed E-state index contributed by atoms with van der Waals surface area (Å²) in [5.74, 6) is -0.153. The molecule has 4 nitrogen and oxygen atoms in total. The van der Waals surface area contributed by atoms with E-state index in [2.05, 4.69) is 18.3 Å². The van der Waals surface area contributed by atoms with Crippen molar-refractivity contribution in [2.45, 2.75) is 26.2 Å². The molecule has 0 spiro atoms. The normalized spacial score (nSPS) is 12.1. The van der Waals surface area contributed by atoms with E-state index in [0.717, 1.165) is 40.1 Å². The van der Waals surface area contributed by atoms with Crippen LogP contribution in [0.1, 0.15) is 30.4 Å². The molecule has 0 aliphatic rings. The minimum atomic E-state index is -0.164. The highest BCUT2D eigenvalue weighted by Crippen LogP contribution is 2.25. The number of imidazole rings is 1. The van der Waals surface area contributed by atoms with Crippen LogP contribution in [0, 0.1) is 6.92 Å². The molecular weight excluding hydrogens is 346 g/mol. The zero-order valence-corrected chi connectivity index (χ0v) is 16.1. The Balaban J connectivity index is 1.59. The summed E-state index contributed by atoms with van der Waals surface area (Å²) in [7, 11) is 0. The fourth-order valence-electron chi connectivity index (χ4n) is 3.54. The summed E-state index contributed by atoms with van der Waals surface area (Å²) in [5, 5.41) is 3.07. The second-order valence-corrected chi connectivity index (χ2v) is 6.99. The number of nitrogens with one attached hydrogen (secondary N) is 1. The average Bonchev–Trinajstić information content (AvgIpc) is 3.15. The number of rotatable bonds is 5. The molecule has 2 aromatic carbocycles. The van der Waals surface area contributed by atoms with Crippen LogP contribution in [0.5, 0.6) is 0 Å². The van der Waals surface area contributed by atoms with Crippen molar-refractivity contribution in [3.63, 3.8) is 0 Å². The number of benzene rings is 2. The third kappa shape index (κ3) is 3.54. The monoisotopic (exact) mass is 369 g/mol. The number of carbonyl (C=O) groups is 1. The molecule has 140 valence electrons. The maximum absolute atomic E-state index is 12.8. The van der Waals surface area contributed by atoms with Crippen molar-refractivity contribution in [3.05, 3.63) is 90.3 Å². The van der Waals surface area contributed by atoms with Gasteiger partial charge in [0.1, 0.15) is 5.65 Å². The number of pyridine rings is 1. The second kappa shape index (κ2) is 7.69. The van der Waals surface area contributed by atoms with E-state index in [0.29, 0.717) is 0 Å². The summed E-state index contributed by atoms with van der Waals surface area (Å²) in [4.78, 5) is 17.6. The van der Waals surface area contributed by atoms with Crippen LogP contribution in [0.25, 0.3) is 16.9 Å². The topological polar surface area (TPSA) is 46.4 Å². The lowest BCUT2D eigenvalue weighted by Crippen LogP contribution is -2.20. The van der Waals surface area contributed by atoms with Crippen LogP contribution in [0.15, 0.2) is 79.1 Å². The number of nitrogens with zero attached hydrogens (tertiary/aromatic N) is 2. The Morgan fingerprint density at radius 2 is 1.89 bits per heavy atom. The van der Waals surface area contributed by atoms with Crippen LogP contribution in [0.4, 0.5) is 5.69 Å². The number of amides is 1. The minimum absolute atomic E-state index is 0.0108. The van der Waals surface area contributed by atoms with Gasteiger partial charge in [-0.25, -0.2) is 4.98 Å². The highest BCUT2D eigenvalue weighted by molar-refractivity contribution is 5.96. The number of carbonyl (C=O) groups excluding carboxylic acids is 1. The molecule has 0 saturated carbocycles. The average molecular weight is 369 g/mol. The van der Waals surface area contributed by atoms with Crippen LogP contribution < -0.4 is 5.32 Å². The summed E-state index contributed by atoms with van der Waals surface area (Å²) in [6.45, 7) is 4.09. The van der Waals surface area contributed by atoms with Crippen LogP contribution in [-0.4, -0.2) is 15.3 Å².